The van der Waals surface area contributed by atoms with Crippen molar-refractivity contribution < 1.29 is 38.6 Å². The van der Waals surface area contributed by atoms with Crippen LogP contribution in [0.2, 0.25) is 0 Å². The number of carbonyl (C=O) groups excluding carboxylic acids is 4. The van der Waals surface area contributed by atoms with E-state index in [4.69, 9.17) is 14.5 Å². The molecule has 2 aliphatic carbocycles. The number of hydrogen-bond donors (Lipinski definition) is 4. The molecule has 304 valence electrons. The number of hydrogen-bond acceptors (Lipinski definition) is 8. The third kappa shape index (κ3) is 8.75. The van der Waals surface area contributed by atoms with Gasteiger partial charge in [-0.25, -0.2) is 9.78 Å². The Morgan fingerprint density at radius 1 is 1.02 bits per heavy atom. The van der Waals surface area contributed by atoms with Gasteiger partial charge in [-0.1, -0.05) is 76.4 Å². The molecule has 0 radical (unpaired) electrons. The van der Waals surface area contributed by atoms with Crippen molar-refractivity contribution in [2.45, 2.75) is 99.9 Å². The molecule has 3 aromatic rings. The second-order valence-electron chi connectivity index (χ2n) is 16.6. The summed E-state index contributed by atoms with van der Waals surface area (Å²) in [5, 5.41) is 19.5. The third-order valence-electron chi connectivity index (χ3n) is 11.4. The van der Waals surface area contributed by atoms with E-state index in [9.17, 15) is 24.3 Å². The lowest BCUT2D eigenvalue weighted by Gasteiger charge is -2.40. The van der Waals surface area contributed by atoms with Crippen molar-refractivity contribution in [1.29, 1.82) is 0 Å². The van der Waals surface area contributed by atoms with Crippen LogP contribution in [0.25, 0.3) is 22.2 Å². The highest BCUT2D eigenvalue weighted by Crippen LogP contribution is 2.47. The number of nitrogens with zero attached hydrogens (tertiary/aromatic N) is 2. The van der Waals surface area contributed by atoms with Gasteiger partial charge in [0.25, 0.3) is 5.91 Å². The summed E-state index contributed by atoms with van der Waals surface area (Å²) in [5.74, 6) is -2.69. The standard InChI is InChI=1S/C43H52IN5O8/c1-7-28-22-42(28,40(54)55)48-39(53)43(44)23-30(57-34-21-32(26-14-10-8-11-15-26)46-33-20-29(56-6)18-19-31(33)34)24-49(43)38(52)36(41(3,4)5)47-37(51)35(45-25(2)50)27-16-12-9-13-17-27/h7-8,10-11,14-15,18-21,27-28,30,35-36H,1,9,12-13,16-17,22-24H2,2-6H3,(H,45,50)(H,47,51)(H,48,53)(H,54,55)/t28?,30-,35?,36?,42?,43?/m1/s1. The highest BCUT2D eigenvalue weighted by atomic mass is 127. The molecule has 6 atom stereocenters. The molecule has 4 N–H and O–H groups in total. The van der Waals surface area contributed by atoms with E-state index in [1.165, 1.54) is 17.9 Å². The summed E-state index contributed by atoms with van der Waals surface area (Å²) in [6.45, 7) is 10.5. The molecule has 57 heavy (non-hydrogen) atoms. The highest BCUT2D eigenvalue weighted by molar-refractivity contribution is 14.1. The van der Waals surface area contributed by atoms with Crippen molar-refractivity contribution in [2.24, 2.45) is 17.3 Å². The Balaban J connectivity index is 1.37. The summed E-state index contributed by atoms with van der Waals surface area (Å²) in [5.41, 5.74) is -0.285. The summed E-state index contributed by atoms with van der Waals surface area (Å²) in [6, 6.07) is 14.9. The van der Waals surface area contributed by atoms with E-state index in [0.717, 1.165) is 37.7 Å². The molecule has 6 rings (SSSR count). The molecule has 1 saturated heterocycles. The maximum atomic E-state index is 15.1. The van der Waals surface area contributed by atoms with Crippen LogP contribution in [0, 0.1) is 17.3 Å². The van der Waals surface area contributed by atoms with Gasteiger partial charge < -0.3 is 35.4 Å². The first-order valence-electron chi connectivity index (χ1n) is 19.5. The summed E-state index contributed by atoms with van der Waals surface area (Å²) in [4.78, 5) is 74.8. The number of carbonyl (C=O) groups is 5. The van der Waals surface area contributed by atoms with Crippen molar-refractivity contribution in [3.05, 3.63) is 67.3 Å². The Morgan fingerprint density at radius 3 is 2.32 bits per heavy atom. The monoisotopic (exact) mass is 893 g/mol. The maximum Gasteiger partial charge on any atom is 0.330 e. The van der Waals surface area contributed by atoms with E-state index in [1.807, 2.05) is 91.9 Å². The molecule has 1 aromatic heterocycles. The summed E-state index contributed by atoms with van der Waals surface area (Å²) < 4.78 is 10.6. The SMILES string of the molecule is C=CC1CC1(NC(=O)C1(I)C[C@@H](Oc2cc(-c3ccccc3)nc3cc(OC)ccc23)CN1C(=O)C(NC(=O)C(NC(C)=O)C1CCCCC1)C(C)(C)C)C(=O)O. The van der Waals surface area contributed by atoms with Gasteiger partial charge in [-0.2, -0.15) is 0 Å². The predicted octanol–water partition coefficient (Wildman–Crippen LogP) is 5.78. The average Bonchev–Trinajstić information content (AvgIpc) is 3.81. The fourth-order valence-corrected chi connectivity index (χ4v) is 9.22. The Kier molecular flexibility index (Phi) is 12.2. The molecule has 2 aromatic carbocycles. The number of benzene rings is 2. The normalized spacial score (nSPS) is 24.5. The molecule has 2 saturated carbocycles. The number of carboxylic acids is 1. The van der Waals surface area contributed by atoms with Gasteiger partial charge in [0.2, 0.25) is 17.7 Å². The number of aliphatic carboxylic acids is 1. The lowest BCUT2D eigenvalue weighted by Crippen LogP contribution is -2.64. The van der Waals surface area contributed by atoms with Gasteiger partial charge in [0.05, 0.1) is 24.9 Å². The van der Waals surface area contributed by atoms with Crippen LogP contribution in [0.3, 0.4) is 0 Å². The maximum absolute atomic E-state index is 15.1. The number of halogens is 1. The number of rotatable bonds is 13. The van der Waals surface area contributed by atoms with Crippen molar-refractivity contribution in [3.8, 4) is 22.8 Å². The minimum absolute atomic E-state index is 0.00162. The zero-order chi connectivity index (χ0) is 41.3. The molecule has 3 aliphatic rings. The number of nitrogens with one attached hydrogen (secondary N) is 3. The third-order valence-corrected chi connectivity index (χ3v) is 13.0. The van der Waals surface area contributed by atoms with Gasteiger partial charge in [0.1, 0.15) is 35.2 Å². The van der Waals surface area contributed by atoms with E-state index in [1.54, 1.807) is 13.2 Å². The number of amides is 4. The molecule has 4 amide bonds. The van der Waals surface area contributed by atoms with Crippen molar-refractivity contribution >= 4 is 63.1 Å². The van der Waals surface area contributed by atoms with Gasteiger partial charge >= 0.3 is 5.97 Å². The van der Waals surface area contributed by atoms with Gasteiger partial charge in [-0.05, 0) is 65.3 Å². The number of ether oxygens (including phenoxy) is 2. The van der Waals surface area contributed by atoms with Crippen molar-refractivity contribution in [1.82, 2.24) is 25.8 Å². The van der Waals surface area contributed by atoms with Gasteiger partial charge in [0.15, 0.2) is 3.55 Å². The van der Waals surface area contributed by atoms with Crippen LogP contribution in [0.1, 0.15) is 72.6 Å². The second kappa shape index (κ2) is 16.6. The summed E-state index contributed by atoms with van der Waals surface area (Å²) >= 11 is 1.94. The van der Waals surface area contributed by atoms with E-state index in [2.05, 4.69) is 22.5 Å². The summed E-state index contributed by atoms with van der Waals surface area (Å²) in [7, 11) is 1.57. The molecule has 14 heteroatoms. The van der Waals surface area contributed by atoms with Crippen LogP contribution in [0.4, 0.5) is 0 Å². The molecule has 3 fully saturated rings. The number of aromatic nitrogens is 1. The second-order valence-corrected chi connectivity index (χ2v) is 18.4. The summed E-state index contributed by atoms with van der Waals surface area (Å²) in [6.07, 6.45) is 5.41. The smallest absolute Gasteiger partial charge is 0.330 e. The van der Waals surface area contributed by atoms with Crippen LogP contribution in [0.5, 0.6) is 11.5 Å². The predicted molar refractivity (Wildman–Crippen MR) is 224 cm³/mol. The number of likely N-dealkylation sites (tertiary alicyclic amines) is 1. The first-order chi connectivity index (χ1) is 27.0. The lowest BCUT2D eigenvalue weighted by atomic mass is 9.82. The van der Waals surface area contributed by atoms with Crippen LogP contribution < -0.4 is 25.4 Å². The first kappa shape index (κ1) is 41.9. The zero-order valence-corrected chi connectivity index (χ0v) is 35.3. The van der Waals surface area contributed by atoms with Gasteiger partial charge in [0, 0.05) is 42.3 Å². The van der Waals surface area contributed by atoms with E-state index in [0.29, 0.717) is 28.1 Å². The molecular weight excluding hydrogens is 841 g/mol. The fraction of sp³-hybridized carbons (Fsp3) is 0.488. The molecule has 0 spiro atoms. The number of fused-ring (bicyclic) bond motifs is 1. The van der Waals surface area contributed by atoms with Crippen LogP contribution in [-0.2, 0) is 24.0 Å². The van der Waals surface area contributed by atoms with Gasteiger partial charge in [-0.3, -0.25) is 19.2 Å². The average molecular weight is 894 g/mol. The van der Waals surface area contributed by atoms with E-state index in [-0.39, 0.29) is 31.2 Å². The topological polar surface area (TPSA) is 176 Å². The van der Waals surface area contributed by atoms with Crippen LogP contribution in [0.15, 0.2) is 67.3 Å². The molecule has 13 nitrogen and oxygen atoms in total. The van der Waals surface area contributed by atoms with E-state index < -0.39 is 62.3 Å². The molecule has 1 aliphatic heterocycles. The lowest BCUT2D eigenvalue weighted by molar-refractivity contribution is -0.147. The Morgan fingerprint density at radius 2 is 1.72 bits per heavy atom. The number of alkyl halides is 1. The molecular formula is C43H52IN5O8. The Labute approximate surface area is 346 Å². The minimum Gasteiger partial charge on any atom is -0.497 e. The largest absolute Gasteiger partial charge is 0.497 e. The minimum atomic E-state index is -1.63. The number of pyridine rings is 1. The van der Waals surface area contributed by atoms with E-state index >= 15 is 4.79 Å². The quantitative estimate of drug-likeness (QED) is 0.0718. The Bertz CT molecular complexity index is 2050. The highest BCUT2D eigenvalue weighted by Gasteiger charge is 2.64. The van der Waals surface area contributed by atoms with Crippen molar-refractivity contribution in [2.75, 3.05) is 13.7 Å². The van der Waals surface area contributed by atoms with Crippen LogP contribution in [-0.4, -0.2) is 85.5 Å². The molecule has 0 bridgehead atoms. The molecule has 2 heterocycles. The first-order valence-corrected chi connectivity index (χ1v) is 20.6. The Hall–Kier alpha value is -4.73. The number of methoxy groups -OCH3 is 1. The van der Waals surface area contributed by atoms with Crippen molar-refractivity contribution in [3.63, 3.8) is 0 Å². The van der Waals surface area contributed by atoms with Gasteiger partial charge in [-0.15, -0.1) is 6.58 Å². The zero-order valence-electron chi connectivity index (χ0n) is 33.1. The number of carboxylic acid groups (broad SMARTS) is 1. The fourth-order valence-electron chi connectivity index (χ4n) is 8.16. The van der Waals surface area contributed by atoms with Crippen LogP contribution >= 0.6 is 22.6 Å². The molecule has 5 unspecified atom stereocenters.